The van der Waals surface area contributed by atoms with E-state index in [0.29, 0.717) is 0 Å². The maximum absolute atomic E-state index is 12.6. The summed E-state index contributed by atoms with van der Waals surface area (Å²) in [6.45, 7) is 4.41. The van der Waals surface area contributed by atoms with Gasteiger partial charge in [-0.2, -0.15) is 11.8 Å². The number of carbonyl (C=O) groups is 1. The van der Waals surface area contributed by atoms with Crippen molar-refractivity contribution in [3.05, 3.63) is 34.9 Å². The van der Waals surface area contributed by atoms with Gasteiger partial charge in [0, 0.05) is 36.3 Å². The number of carbonyl (C=O) groups excluding carboxylic acids is 1. The Hall–Kier alpha value is -0.420. The first-order valence-electron chi connectivity index (χ1n) is 6.89. The molecule has 2 atom stereocenters. The van der Waals surface area contributed by atoms with Crippen molar-refractivity contribution in [3.8, 4) is 0 Å². The third-order valence-electron chi connectivity index (χ3n) is 3.60. The van der Waals surface area contributed by atoms with Gasteiger partial charge in [-0.1, -0.05) is 30.7 Å². The monoisotopic (exact) mass is 348 g/mol. The highest BCUT2D eigenvalue weighted by molar-refractivity contribution is 7.98. The number of thioether (sulfide) groups is 1. The molecule has 0 aliphatic carbocycles. The average Bonchev–Trinajstić information content (AvgIpc) is 2.47. The topological polar surface area (TPSA) is 32.3 Å². The molecule has 1 amide bonds. The smallest absolute Gasteiger partial charge is 0.226 e. The first-order chi connectivity index (χ1) is 9.63. The van der Waals surface area contributed by atoms with Crippen molar-refractivity contribution in [1.29, 1.82) is 0 Å². The predicted octanol–water partition coefficient (Wildman–Crippen LogP) is 3.23. The zero-order chi connectivity index (χ0) is 14.5. The van der Waals surface area contributed by atoms with Crippen LogP contribution in [0, 0.1) is 5.92 Å². The van der Waals surface area contributed by atoms with Gasteiger partial charge in [0.2, 0.25) is 5.91 Å². The standard InChI is InChI=1S/C15H21ClN2OS.ClH/c1-11(10-20-2)15(19)18-7-6-17-9-14(18)12-4-3-5-13(16)8-12;/h3-5,8,11,14,17H,6-7,9-10H2,1-2H3;1H. The predicted molar refractivity (Wildman–Crippen MR) is 93.6 cm³/mol. The fourth-order valence-electron chi connectivity index (χ4n) is 2.58. The number of benzene rings is 1. The summed E-state index contributed by atoms with van der Waals surface area (Å²) in [5, 5.41) is 4.09. The number of hydrogen-bond donors (Lipinski definition) is 1. The number of halogens is 2. The normalized spacial score (nSPS) is 19.8. The van der Waals surface area contributed by atoms with Crippen LogP contribution in [0.3, 0.4) is 0 Å². The summed E-state index contributed by atoms with van der Waals surface area (Å²) in [5.74, 6) is 1.17. The maximum Gasteiger partial charge on any atom is 0.226 e. The van der Waals surface area contributed by atoms with Gasteiger partial charge >= 0.3 is 0 Å². The van der Waals surface area contributed by atoms with E-state index in [1.807, 2.05) is 42.3 Å². The fourth-order valence-corrected chi connectivity index (χ4v) is 3.43. The molecular weight excluding hydrogens is 327 g/mol. The molecule has 2 unspecified atom stereocenters. The van der Waals surface area contributed by atoms with Gasteiger partial charge in [0.05, 0.1) is 6.04 Å². The van der Waals surface area contributed by atoms with Gasteiger partial charge in [-0.25, -0.2) is 0 Å². The molecule has 0 bridgehead atoms. The lowest BCUT2D eigenvalue weighted by molar-refractivity contribution is -0.137. The number of nitrogens with one attached hydrogen (secondary N) is 1. The van der Waals surface area contributed by atoms with Crippen LogP contribution in [0.15, 0.2) is 24.3 Å². The average molecular weight is 349 g/mol. The summed E-state index contributed by atoms with van der Waals surface area (Å²) >= 11 is 7.79. The summed E-state index contributed by atoms with van der Waals surface area (Å²) in [6.07, 6.45) is 2.04. The van der Waals surface area contributed by atoms with Crippen molar-refractivity contribution in [1.82, 2.24) is 10.2 Å². The number of piperazine rings is 1. The Balaban J connectivity index is 0.00000220. The van der Waals surface area contributed by atoms with E-state index in [4.69, 9.17) is 11.6 Å². The Morgan fingerprint density at radius 2 is 2.33 bits per heavy atom. The second-order valence-electron chi connectivity index (χ2n) is 5.16. The zero-order valence-corrected chi connectivity index (χ0v) is 14.7. The fraction of sp³-hybridized carbons (Fsp3) is 0.533. The third-order valence-corrected chi connectivity index (χ3v) is 4.67. The van der Waals surface area contributed by atoms with Crippen LogP contribution >= 0.6 is 35.8 Å². The summed E-state index contributed by atoms with van der Waals surface area (Å²) in [6, 6.07) is 7.89. The molecule has 1 fully saturated rings. The largest absolute Gasteiger partial charge is 0.333 e. The van der Waals surface area contributed by atoms with Crippen LogP contribution in [0.1, 0.15) is 18.5 Å². The van der Waals surface area contributed by atoms with Crippen LogP contribution in [0.2, 0.25) is 5.02 Å². The lowest BCUT2D eigenvalue weighted by Crippen LogP contribution is -2.50. The molecule has 0 spiro atoms. The molecule has 1 aromatic rings. The van der Waals surface area contributed by atoms with Crippen LogP contribution in [0.4, 0.5) is 0 Å². The van der Waals surface area contributed by atoms with Gasteiger partial charge < -0.3 is 10.2 Å². The second kappa shape index (κ2) is 8.89. The number of amides is 1. The SMILES string of the molecule is CSCC(C)C(=O)N1CCNCC1c1cccc(Cl)c1.Cl. The number of nitrogens with zero attached hydrogens (tertiary/aromatic N) is 1. The highest BCUT2D eigenvalue weighted by Crippen LogP contribution is 2.26. The van der Waals surface area contributed by atoms with Gasteiger partial charge in [0.15, 0.2) is 0 Å². The van der Waals surface area contributed by atoms with Gasteiger partial charge in [-0.05, 0) is 24.0 Å². The molecule has 1 saturated heterocycles. The van der Waals surface area contributed by atoms with Crippen molar-refractivity contribution in [3.63, 3.8) is 0 Å². The van der Waals surface area contributed by atoms with E-state index in [1.54, 1.807) is 11.8 Å². The highest BCUT2D eigenvalue weighted by Gasteiger charge is 2.30. The molecule has 0 radical (unpaired) electrons. The van der Waals surface area contributed by atoms with E-state index in [9.17, 15) is 4.79 Å². The van der Waals surface area contributed by atoms with Crippen molar-refractivity contribution in [2.45, 2.75) is 13.0 Å². The molecule has 21 heavy (non-hydrogen) atoms. The minimum atomic E-state index is 0. The molecular formula is C15H22Cl2N2OS. The van der Waals surface area contributed by atoms with Crippen molar-refractivity contribution in [2.24, 2.45) is 5.92 Å². The second-order valence-corrected chi connectivity index (χ2v) is 6.51. The molecule has 0 saturated carbocycles. The van der Waals surface area contributed by atoms with E-state index in [2.05, 4.69) is 5.32 Å². The van der Waals surface area contributed by atoms with E-state index < -0.39 is 0 Å². The maximum atomic E-state index is 12.6. The Bertz CT molecular complexity index is 473. The van der Waals surface area contributed by atoms with Crippen LogP contribution in [0.5, 0.6) is 0 Å². The van der Waals surface area contributed by atoms with E-state index in [1.165, 1.54) is 0 Å². The van der Waals surface area contributed by atoms with Crippen LogP contribution in [-0.4, -0.2) is 42.4 Å². The Morgan fingerprint density at radius 1 is 1.57 bits per heavy atom. The highest BCUT2D eigenvalue weighted by atomic mass is 35.5. The van der Waals surface area contributed by atoms with Gasteiger partial charge in [-0.3, -0.25) is 4.79 Å². The molecule has 6 heteroatoms. The molecule has 0 aromatic heterocycles. The van der Waals surface area contributed by atoms with Crippen LogP contribution < -0.4 is 5.32 Å². The lowest BCUT2D eigenvalue weighted by atomic mass is 10.0. The molecule has 3 nitrogen and oxygen atoms in total. The van der Waals surface area contributed by atoms with Crippen LogP contribution in [0.25, 0.3) is 0 Å². The van der Waals surface area contributed by atoms with Crippen LogP contribution in [-0.2, 0) is 4.79 Å². The van der Waals surface area contributed by atoms with Crippen molar-refractivity contribution in [2.75, 3.05) is 31.6 Å². The first kappa shape index (κ1) is 18.6. The zero-order valence-electron chi connectivity index (χ0n) is 12.3. The van der Waals surface area contributed by atoms with Crippen molar-refractivity contribution < 1.29 is 4.79 Å². The Kier molecular flexibility index (Phi) is 7.88. The van der Waals surface area contributed by atoms with Crippen molar-refractivity contribution >= 4 is 41.7 Å². The van der Waals surface area contributed by atoms with Gasteiger partial charge in [0.25, 0.3) is 0 Å². The summed E-state index contributed by atoms with van der Waals surface area (Å²) in [5.41, 5.74) is 1.11. The molecule has 2 rings (SSSR count). The Labute approximate surface area is 142 Å². The minimum absolute atomic E-state index is 0. The molecule has 1 heterocycles. The van der Waals surface area contributed by atoms with Gasteiger partial charge in [-0.15, -0.1) is 12.4 Å². The van der Waals surface area contributed by atoms with E-state index in [-0.39, 0.29) is 30.3 Å². The molecule has 118 valence electrons. The summed E-state index contributed by atoms with van der Waals surface area (Å²) in [4.78, 5) is 14.6. The van der Waals surface area contributed by atoms with Gasteiger partial charge in [0.1, 0.15) is 0 Å². The quantitative estimate of drug-likeness (QED) is 0.906. The summed E-state index contributed by atoms with van der Waals surface area (Å²) < 4.78 is 0. The van der Waals surface area contributed by atoms with E-state index in [0.717, 1.165) is 36.0 Å². The number of rotatable bonds is 4. The Morgan fingerprint density at radius 3 is 3.00 bits per heavy atom. The molecule has 1 aliphatic heterocycles. The summed E-state index contributed by atoms with van der Waals surface area (Å²) in [7, 11) is 0. The molecule has 1 N–H and O–H groups in total. The number of hydrogen-bond acceptors (Lipinski definition) is 3. The first-order valence-corrected chi connectivity index (χ1v) is 8.66. The third kappa shape index (κ3) is 4.78. The minimum Gasteiger partial charge on any atom is -0.333 e. The molecule has 1 aromatic carbocycles. The lowest BCUT2D eigenvalue weighted by Gasteiger charge is -2.38. The molecule has 1 aliphatic rings. The van der Waals surface area contributed by atoms with E-state index >= 15 is 0 Å².